The Labute approximate surface area is 288 Å². The number of likely N-dealkylation sites (tertiary alicyclic amines) is 1. The maximum Gasteiger partial charge on any atom is 0.319 e. The van der Waals surface area contributed by atoms with E-state index in [-0.39, 0.29) is 74.2 Å². The summed E-state index contributed by atoms with van der Waals surface area (Å²) >= 11 is 0. The van der Waals surface area contributed by atoms with Gasteiger partial charge in [0.1, 0.15) is 34.0 Å². The Morgan fingerprint density at radius 3 is 2.50 bits per heavy atom. The Morgan fingerprint density at radius 1 is 1.06 bits per heavy atom. The van der Waals surface area contributed by atoms with Gasteiger partial charge >= 0.3 is 6.01 Å². The summed E-state index contributed by atoms with van der Waals surface area (Å²) in [5, 5.41) is 25.0. The average Bonchev–Trinajstić information content (AvgIpc) is 4.01. The second-order valence-corrected chi connectivity index (χ2v) is 15.0. The molecule has 4 aromatic rings. The number of terminal acetylenes is 1. The lowest BCUT2D eigenvalue weighted by Gasteiger charge is -2.34. The Bertz CT molecular complexity index is 2140. The fourth-order valence-corrected chi connectivity index (χ4v) is 8.70. The van der Waals surface area contributed by atoms with Gasteiger partial charge in [-0.25, -0.2) is 13.8 Å². The van der Waals surface area contributed by atoms with Gasteiger partial charge in [-0.2, -0.15) is 15.2 Å². The van der Waals surface area contributed by atoms with Gasteiger partial charge in [0.15, 0.2) is 5.82 Å². The number of hydrogen-bond acceptors (Lipinski definition) is 10. The lowest BCUT2D eigenvalue weighted by Crippen LogP contribution is -2.51. The van der Waals surface area contributed by atoms with E-state index < -0.39 is 11.6 Å². The standard InChI is InChI=1S/C38H37F2N7O3/c1-3-26-28(39)7-4-21-12-25(48)13-27(29(21)26)32-31(40)33-30(35(43-32)49-2)34(47-16-23-5-6-24(17-47)42-23)45-36(44-33)50-20-37(8-9-37)18-46-15-22(14-41)38(19-46)10-11-38/h1,4,7,12-13,22-24,42,48H,5-6,8-11,15-20H2,2H3. The normalized spacial score (nSPS) is 24.4. The first kappa shape index (κ1) is 31.2. The van der Waals surface area contributed by atoms with Gasteiger partial charge < -0.3 is 29.7 Å². The summed E-state index contributed by atoms with van der Waals surface area (Å²) in [6.07, 6.45) is 12.0. The van der Waals surface area contributed by atoms with Crippen LogP contribution < -0.4 is 19.7 Å². The zero-order valence-corrected chi connectivity index (χ0v) is 27.8. The van der Waals surface area contributed by atoms with E-state index in [1.807, 2.05) is 0 Å². The van der Waals surface area contributed by atoms with Gasteiger partial charge in [0.25, 0.3) is 0 Å². The van der Waals surface area contributed by atoms with Crippen molar-refractivity contribution in [2.45, 2.75) is 50.6 Å². The van der Waals surface area contributed by atoms with Gasteiger partial charge in [0.05, 0.1) is 31.3 Å². The molecule has 3 saturated heterocycles. The zero-order valence-electron chi connectivity index (χ0n) is 27.8. The number of fused-ring (bicyclic) bond motifs is 4. The highest BCUT2D eigenvalue weighted by Crippen LogP contribution is 2.57. The molecule has 3 atom stereocenters. The number of aromatic hydroxyl groups is 1. The highest BCUT2D eigenvalue weighted by molar-refractivity contribution is 6.04. The van der Waals surface area contributed by atoms with Crippen LogP contribution in [-0.2, 0) is 0 Å². The monoisotopic (exact) mass is 677 g/mol. The molecule has 12 heteroatoms. The molecule has 1 spiro atoms. The third-order valence-corrected chi connectivity index (χ3v) is 11.7. The van der Waals surface area contributed by atoms with E-state index in [4.69, 9.17) is 20.9 Å². The number of phenols is 1. The van der Waals surface area contributed by atoms with Crippen molar-refractivity contribution in [3.05, 3.63) is 41.5 Å². The predicted octanol–water partition coefficient (Wildman–Crippen LogP) is 5.15. The SMILES string of the molecule is C#Cc1c(F)ccc2cc(O)cc(-c3nc(OC)c4c(N5CC6CCC(C5)N6)nc(OCC5(CN6CC(C#N)C7(CC7)C6)CC5)nc4c3F)c12. The number of piperazine rings is 1. The molecule has 50 heavy (non-hydrogen) atoms. The van der Waals surface area contributed by atoms with Crippen LogP contribution in [0.4, 0.5) is 14.6 Å². The van der Waals surface area contributed by atoms with Gasteiger partial charge in [0.2, 0.25) is 5.88 Å². The molecule has 2 N–H and O–H groups in total. The smallest absolute Gasteiger partial charge is 0.319 e. The van der Waals surface area contributed by atoms with E-state index in [0.29, 0.717) is 36.3 Å². The number of aromatic nitrogens is 3. The van der Waals surface area contributed by atoms with E-state index in [2.05, 4.69) is 37.1 Å². The van der Waals surface area contributed by atoms with Gasteiger partial charge in [-0.3, -0.25) is 0 Å². The van der Waals surface area contributed by atoms with Crippen LogP contribution >= 0.6 is 0 Å². The largest absolute Gasteiger partial charge is 0.508 e. The molecule has 3 unspecified atom stereocenters. The van der Waals surface area contributed by atoms with E-state index in [1.54, 1.807) is 0 Å². The molecule has 0 amide bonds. The maximum absolute atomic E-state index is 17.1. The van der Waals surface area contributed by atoms with E-state index in [0.717, 1.165) is 58.2 Å². The summed E-state index contributed by atoms with van der Waals surface area (Å²) in [6.45, 7) is 4.27. The summed E-state index contributed by atoms with van der Waals surface area (Å²) in [5.41, 5.74) is -0.113. The number of nitrogens with one attached hydrogen (secondary N) is 1. The first-order valence-corrected chi connectivity index (χ1v) is 17.4. The fraction of sp³-hybridized carbons (Fsp3) is 0.474. The van der Waals surface area contributed by atoms with Crippen molar-refractivity contribution >= 4 is 27.5 Å². The van der Waals surface area contributed by atoms with Crippen LogP contribution in [0, 0.1) is 52.1 Å². The lowest BCUT2D eigenvalue weighted by atomic mass is 9.95. The van der Waals surface area contributed by atoms with Crippen LogP contribution in [-0.4, -0.2) is 83.5 Å². The number of phenolic OH excluding ortho intramolecular Hbond substituents is 1. The Balaban J connectivity index is 1.14. The topological polar surface area (TPSA) is 120 Å². The van der Waals surface area contributed by atoms with Crippen molar-refractivity contribution < 1.29 is 23.4 Å². The first-order valence-electron chi connectivity index (χ1n) is 17.4. The minimum atomic E-state index is -0.790. The Morgan fingerprint density at radius 2 is 1.84 bits per heavy atom. The third-order valence-electron chi connectivity index (χ3n) is 11.7. The average molecular weight is 678 g/mol. The van der Waals surface area contributed by atoms with E-state index in [1.165, 1.54) is 31.4 Å². The van der Waals surface area contributed by atoms with Crippen molar-refractivity contribution in [1.82, 2.24) is 25.2 Å². The number of nitrogens with zero attached hydrogens (tertiary/aromatic N) is 6. The predicted molar refractivity (Wildman–Crippen MR) is 183 cm³/mol. The molecule has 2 aromatic heterocycles. The molecule has 0 radical (unpaired) electrons. The summed E-state index contributed by atoms with van der Waals surface area (Å²) in [6, 6.07) is 8.59. The number of pyridine rings is 1. The molecule has 3 aliphatic heterocycles. The quantitative estimate of drug-likeness (QED) is 0.242. The van der Waals surface area contributed by atoms with Crippen molar-refractivity contribution in [2.75, 3.05) is 51.3 Å². The number of benzene rings is 2. The number of anilines is 1. The van der Waals surface area contributed by atoms with Crippen LogP contribution in [0.2, 0.25) is 0 Å². The Kier molecular flexibility index (Phi) is 7.10. The van der Waals surface area contributed by atoms with Crippen LogP contribution in [0.5, 0.6) is 17.6 Å². The van der Waals surface area contributed by atoms with Crippen LogP contribution in [0.25, 0.3) is 32.9 Å². The number of halogens is 2. The molecule has 10 nitrogen and oxygen atoms in total. The summed E-state index contributed by atoms with van der Waals surface area (Å²) in [5.74, 6) is 1.44. The molecule has 5 fully saturated rings. The first-order chi connectivity index (χ1) is 24.2. The van der Waals surface area contributed by atoms with Gasteiger partial charge in [-0.15, -0.1) is 6.42 Å². The zero-order chi connectivity index (χ0) is 34.4. The molecule has 256 valence electrons. The molecule has 5 aliphatic rings. The molecule has 5 heterocycles. The second kappa shape index (κ2) is 11.4. The van der Waals surface area contributed by atoms with Crippen LogP contribution in [0.3, 0.4) is 0 Å². The molecule has 2 bridgehead atoms. The molecule has 2 aliphatic carbocycles. The molecule has 9 rings (SSSR count). The number of rotatable bonds is 8. The molecular weight excluding hydrogens is 640 g/mol. The summed E-state index contributed by atoms with van der Waals surface area (Å²) < 4.78 is 44.3. The van der Waals surface area contributed by atoms with Gasteiger partial charge in [-0.05, 0) is 62.1 Å². The third kappa shape index (κ3) is 5.07. The Hall–Kier alpha value is -4.78. The van der Waals surface area contributed by atoms with Crippen molar-refractivity contribution in [1.29, 1.82) is 5.26 Å². The summed E-state index contributed by atoms with van der Waals surface area (Å²) in [4.78, 5) is 18.7. The van der Waals surface area contributed by atoms with Gasteiger partial charge in [-0.1, -0.05) is 12.0 Å². The van der Waals surface area contributed by atoms with Gasteiger partial charge in [0, 0.05) is 66.6 Å². The second-order valence-electron chi connectivity index (χ2n) is 15.0. The van der Waals surface area contributed by atoms with Crippen molar-refractivity contribution in [2.24, 2.45) is 16.7 Å². The fourth-order valence-electron chi connectivity index (χ4n) is 8.70. The van der Waals surface area contributed by atoms with Crippen LogP contribution in [0.15, 0.2) is 24.3 Å². The number of hydrogen-bond donors (Lipinski definition) is 2. The van der Waals surface area contributed by atoms with E-state index >= 15 is 4.39 Å². The van der Waals surface area contributed by atoms with E-state index in [9.17, 15) is 14.8 Å². The number of nitriles is 1. The van der Waals surface area contributed by atoms with Crippen molar-refractivity contribution in [3.63, 3.8) is 0 Å². The summed E-state index contributed by atoms with van der Waals surface area (Å²) in [7, 11) is 1.45. The minimum absolute atomic E-state index is 0.0499. The highest BCUT2D eigenvalue weighted by Gasteiger charge is 2.57. The maximum atomic E-state index is 17.1. The highest BCUT2D eigenvalue weighted by atomic mass is 19.1. The lowest BCUT2D eigenvalue weighted by molar-refractivity contribution is 0.166. The van der Waals surface area contributed by atoms with Crippen LogP contribution in [0.1, 0.15) is 44.1 Å². The minimum Gasteiger partial charge on any atom is -0.508 e. The number of ether oxygens (including phenoxy) is 2. The molecule has 2 saturated carbocycles. The molecular formula is C38H37F2N7O3. The number of methoxy groups -OCH3 is 1. The van der Waals surface area contributed by atoms with Crippen molar-refractivity contribution in [3.8, 4) is 47.3 Å². The molecule has 2 aromatic carbocycles.